The Balaban J connectivity index is 0.00000302. The van der Waals surface area contributed by atoms with Crippen molar-refractivity contribution in [2.45, 2.75) is 43.7 Å². The first kappa shape index (κ1) is 28.2. The zero-order valence-electron chi connectivity index (χ0n) is 21.6. The molecule has 214 valence electrons. The van der Waals surface area contributed by atoms with Gasteiger partial charge in [0.15, 0.2) is 16.7 Å². The fraction of sp³-hybridized carbons (Fsp3) is 0.357. The lowest BCUT2D eigenvalue weighted by atomic mass is 10.0. The molecule has 13 heteroatoms. The van der Waals surface area contributed by atoms with Crippen molar-refractivity contribution in [2.75, 3.05) is 18.6 Å². The third kappa shape index (κ3) is 4.84. The first-order valence-electron chi connectivity index (χ1n) is 12.9. The highest BCUT2D eigenvalue weighted by Gasteiger charge is 2.48. The molecule has 7 rings (SSSR count). The van der Waals surface area contributed by atoms with Gasteiger partial charge in [-0.25, -0.2) is 19.0 Å². The first-order valence-corrected chi connectivity index (χ1v) is 14.5. The van der Waals surface area contributed by atoms with Gasteiger partial charge in [-0.2, -0.15) is 0 Å². The van der Waals surface area contributed by atoms with E-state index in [-0.39, 0.29) is 47.5 Å². The summed E-state index contributed by atoms with van der Waals surface area (Å²) in [4.78, 5) is 32.2. The number of hydrogen-bond acceptors (Lipinski definition) is 9. The van der Waals surface area contributed by atoms with Gasteiger partial charge in [0.2, 0.25) is 0 Å². The summed E-state index contributed by atoms with van der Waals surface area (Å²) in [7, 11) is 1.26. The second-order valence-corrected chi connectivity index (χ2v) is 12.2. The molecule has 0 radical (unpaired) electrons. The second-order valence-electron chi connectivity index (χ2n) is 10.4. The van der Waals surface area contributed by atoms with E-state index in [2.05, 4.69) is 15.0 Å². The molecule has 0 amide bonds. The highest BCUT2D eigenvalue weighted by atomic mass is 35.5. The normalized spacial score (nSPS) is 21.3. The number of benzene rings is 2. The Hall–Kier alpha value is -2.92. The number of rotatable bonds is 6. The molecule has 1 aliphatic heterocycles. The van der Waals surface area contributed by atoms with Gasteiger partial charge in [0.1, 0.15) is 22.9 Å². The third-order valence-electron chi connectivity index (χ3n) is 7.91. The van der Waals surface area contributed by atoms with Gasteiger partial charge in [0.25, 0.3) is 0 Å². The van der Waals surface area contributed by atoms with Crippen LogP contribution in [0.1, 0.15) is 58.1 Å². The first-order chi connectivity index (χ1) is 19.3. The molecule has 3 fully saturated rings. The van der Waals surface area contributed by atoms with Crippen LogP contribution in [0.25, 0.3) is 21.5 Å². The number of anilines is 1. The van der Waals surface area contributed by atoms with Gasteiger partial charge in [0.05, 0.1) is 27.4 Å². The zero-order chi connectivity index (χ0) is 27.7. The summed E-state index contributed by atoms with van der Waals surface area (Å²) < 4.78 is 31.7. The molecule has 2 bridgehead atoms. The maximum absolute atomic E-state index is 14.7. The number of fused-ring (bicyclic) bond motifs is 3. The van der Waals surface area contributed by atoms with Crippen LogP contribution in [0.3, 0.4) is 0 Å². The van der Waals surface area contributed by atoms with E-state index in [1.807, 2.05) is 0 Å². The Bertz CT molecular complexity index is 1670. The van der Waals surface area contributed by atoms with Gasteiger partial charge in [-0.3, -0.25) is 0 Å². The molecule has 41 heavy (non-hydrogen) atoms. The number of ether oxygens (including phenoxy) is 2. The van der Waals surface area contributed by atoms with Crippen molar-refractivity contribution in [1.82, 2.24) is 10.1 Å². The molecule has 2 aromatic heterocycles. The number of halogens is 4. The second kappa shape index (κ2) is 10.7. The van der Waals surface area contributed by atoms with Crippen LogP contribution in [-0.2, 0) is 9.47 Å². The molecule has 0 spiro atoms. The van der Waals surface area contributed by atoms with Crippen LogP contribution >= 0.6 is 46.9 Å². The van der Waals surface area contributed by atoms with E-state index in [0.717, 1.165) is 25.3 Å². The molecule has 0 N–H and O–H groups in total. The van der Waals surface area contributed by atoms with Crippen LogP contribution in [0, 0.1) is 11.7 Å². The van der Waals surface area contributed by atoms with Crippen molar-refractivity contribution in [3.8, 4) is 11.3 Å². The highest BCUT2D eigenvalue weighted by molar-refractivity contribution is 7.22. The SMILES string of the molecule is COC(=O)c1cc(F)c2nc(N3C[C@H]4C[C@@H]3C[C@H]4OC(=O)c3c(-c4c(Cl)cccc4Cl)noc3C3CC3)sc2c1.Cl. The number of aromatic nitrogens is 2. The molecule has 3 aliphatic rings. The number of thiazole rings is 1. The molecule has 8 nitrogen and oxygen atoms in total. The molecule has 2 saturated carbocycles. The molecule has 0 unspecified atom stereocenters. The number of carbonyl (C=O) groups is 2. The monoisotopic (exact) mass is 637 g/mol. The van der Waals surface area contributed by atoms with E-state index in [1.165, 1.54) is 18.4 Å². The zero-order valence-corrected chi connectivity index (χ0v) is 24.7. The van der Waals surface area contributed by atoms with Crippen LogP contribution in [0.5, 0.6) is 0 Å². The summed E-state index contributed by atoms with van der Waals surface area (Å²) in [5.41, 5.74) is 1.42. The molecule has 3 atom stereocenters. The van der Waals surface area contributed by atoms with E-state index in [4.69, 9.17) is 37.2 Å². The average molecular weight is 639 g/mol. The summed E-state index contributed by atoms with van der Waals surface area (Å²) in [6.45, 7) is 0.621. The quantitative estimate of drug-likeness (QED) is 0.203. The van der Waals surface area contributed by atoms with Gasteiger partial charge in [-0.15, -0.1) is 12.4 Å². The molecule has 2 aromatic carbocycles. The molecule has 3 heterocycles. The fourth-order valence-corrected chi connectivity index (χ4v) is 7.51. The van der Waals surface area contributed by atoms with Gasteiger partial charge in [-0.05, 0) is 43.5 Å². The summed E-state index contributed by atoms with van der Waals surface area (Å²) in [6.07, 6.45) is 2.99. The van der Waals surface area contributed by atoms with Crippen molar-refractivity contribution >= 4 is 74.2 Å². The van der Waals surface area contributed by atoms with E-state index in [0.29, 0.717) is 55.4 Å². The number of nitrogens with zero attached hydrogens (tertiary/aromatic N) is 3. The summed E-state index contributed by atoms with van der Waals surface area (Å²) in [5.74, 6) is -0.920. The Morgan fingerprint density at radius 1 is 1.15 bits per heavy atom. The van der Waals surface area contributed by atoms with E-state index in [1.54, 1.807) is 24.3 Å². The predicted molar refractivity (Wildman–Crippen MR) is 155 cm³/mol. The van der Waals surface area contributed by atoms with Gasteiger partial charge in [-0.1, -0.05) is 45.8 Å². The third-order valence-corrected chi connectivity index (χ3v) is 9.58. The Kier molecular flexibility index (Phi) is 7.38. The summed E-state index contributed by atoms with van der Waals surface area (Å²) in [6, 6.07) is 7.95. The number of esters is 2. The van der Waals surface area contributed by atoms with Crippen molar-refractivity contribution in [3.63, 3.8) is 0 Å². The van der Waals surface area contributed by atoms with Crippen molar-refractivity contribution in [3.05, 3.63) is 63.1 Å². The van der Waals surface area contributed by atoms with Gasteiger partial charge < -0.3 is 18.9 Å². The molecular weight excluding hydrogens is 616 g/mol. The topological polar surface area (TPSA) is 94.8 Å². The minimum absolute atomic E-state index is 0. The van der Waals surface area contributed by atoms with E-state index in [9.17, 15) is 14.0 Å². The van der Waals surface area contributed by atoms with Crippen molar-refractivity contribution in [1.29, 1.82) is 0 Å². The lowest BCUT2D eigenvalue weighted by molar-refractivity contribution is 0.0191. The van der Waals surface area contributed by atoms with Crippen LogP contribution in [0.2, 0.25) is 10.0 Å². The highest BCUT2D eigenvalue weighted by Crippen LogP contribution is 2.48. The van der Waals surface area contributed by atoms with Crippen LogP contribution in [-0.4, -0.2) is 47.9 Å². The smallest absolute Gasteiger partial charge is 0.344 e. The van der Waals surface area contributed by atoms with E-state index < -0.39 is 17.8 Å². The van der Waals surface area contributed by atoms with Crippen LogP contribution in [0.4, 0.5) is 9.52 Å². The van der Waals surface area contributed by atoms with Crippen LogP contribution < -0.4 is 4.90 Å². The lowest BCUT2D eigenvalue weighted by Gasteiger charge is -2.31. The summed E-state index contributed by atoms with van der Waals surface area (Å²) in [5, 5.41) is 5.62. The summed E-state index contributed by atoms with van der Waals surface area (Å²) >= 11 is 14.2. The maximum atomic E-state index is 14.7. The standard InChI is InChI=1S/C28H22Cl2FN3O5S.ClH/c1-37-26(35)13-8-18(31)23-20(9-13)40-28(32-23)34-11-14-7-15(34)10-19(14)38-27(36)22-24(33-39-25(22)12-5-6-12)21-16(29)3-2-4-17(21)30;/h2-4,8-9,12,14-15,19H,5-7,10-11H2,1H3;1H/t14-,15-,19-;/m1./s1. The minimum atomic E-state index is -0.599. The fourth-order valence-electron chi connectivity index (χ4n) is 5.84. The Labute approximate surface area is 254 Å². The van der Waals surface area contributed by atoms with Crippen LogP contribution in [0.15, 0.2) is 34.9 Å². The molecule has 2 aliphatic carbocycles. The Morgan fingerprint density at radius 2 is 1.90 bits per heavy atom. The number of carbonyl (C=O) groups excluding carboxylic acids is 2. The van der Waals surface area contributed by atoms with E-state index >= 15 is 0 Å². The van der Waals surface area contributed by atoms with Crippen molar-refractivity contribution in [2.24, 2.45) is 5.92 Å². The van der Waals surface area contributed by atoms with Gasteiger partial charge in [0, 0.05) is 36.4 Å². The minimum Gasteiger partial charge on any atom is -0.465 e. The Morgan fingerprint density at radius 3 is 2.56 bits per heavy atom. The van der Waals surface area contributed by atoms with Gasteiger partial charge >= 0.3 is 11.9 Å². The lowest BCUT2D eigenvalue weighted by Crippen LogP contribution is -2.39. The number of methoxy groups -OCH3 is 1. The average Bonchev–Trinajstić information content (AvgIpc) is 3.26. The molecule has 4 aromatic rings. The molecule has 1 saturated heterocycles. The number of hydrogen-bond donors (Lipinski definition) is 0. The number of piperidine rings is 1. The predicted octanol–water partition coefficient (Wildman–Crippen LogP) is 7.31. The largest absolute Gasteiger partial charge is 0.465 e. The molecular formula is C28H23Cl3FN3O5S. The van der Waals surface area contributed by atoms with Crippen molar-refractivity contribution < 1.29 is 28.0 Å². The maximum Gasteiger partial charge on any atom is 0.344 e.